The predicted octanol–water partition coefficient (Wildman–Crippen LogP) is -1.80. The Hall–Kier alpha value is -1.92. The zero-order valence-corrected chi connectivity index (χ0v) is 12.5. The van der Waals surface area contributed by atoms with Gasteiger partial charge in [-0.2, -0.15) is 0 Å². The number of aliphatic hydroxyl groups excluding tert-OH is 2. The minimum absolute atomic E-state index is 0.310. The van der Waals surface area contributed by atoms with Crippen LogP contribution in [0.4, 0.5) is 0 Å². The maximum absolute atomic E-state index is 12.1. The Labute approximate surface area is 126 Å². The summed E-state index contributed by atoms with van der Waals surface area (Å²) in [6.45, 7) is 4.52. The summed E-state index contributed by atoms with van der Waals surface area (Å²) < 4.78 is 6.73. The Morgan fingerprint density at radius 1 is 1.55 bits per heavy atom. The van der Waals surface area contributed by atoms with E-state index in [1.54, 1.807) is 6.92 Å². The molecule has 0 bridgehead atoms. The lowest BCUT2D eigenvalue weighted by Crippen LogP contribution is -2.56. The molecule has 22 heavy (non-hydrogen) atoms. The Balaban J connectivity index is 2.64. The van der Waals surface area contributed by atoms with Crippen LogP contribution in [0.3, 0.4) is 0 Å². The van der Waals surface area contributed by atoms with Crippen molar-refractivity contribution in [1.82, 2.24) is 9.55 Å². The smallest absolute Gasteiger partial charge is 0.330 e. The standard InChI is InChI=1S/C14H19N3O5/c1-4-5-14(15)11(20)10(8(3)18)22-12(14)17-7(2)6-9(19)16-13(17)21/h6,8,10-12,18,20H,15H2,1-3H3,(H,16,19,21)/t8-,10+,11-,12+,14?/m0/s1. The van der Waals surface area contributed by atoms with Gasteiger partial charge in [0.15, 0.2) is 11.8 Å². The van der Waals surface area contributed by atoms with E-state index in [2.05, 4.69) is 16.8 Å². The van der Waals surface area contributed by atoms with Gasteiger partial charge in [0.05, 0.1) is 6.10 Å². The van der Waals surface area contributed by atoms with Gasteiger partial charge in [-0.05, 0) is 20.8 Å². The first-order chi connectivity index (χ1) is 10.2. The SMILES string of the molecule is CC#CC1(N)[C@@H](O)[C@@H]([C@H](C)O)O[C@H]1n1c(C)cc(=O)[nH]c1=O. The number of hydrogen-bond donors (Lipinski definition) is 4. The van der Waals surface area contributed by atoms with Gasteiger partial charge in [0.1, 0.15) is 12.2 Å². The molecule has 8 heteroatoms. The van der Waals surface area contributed by atoms with E-state index >= 15 is 0 Å². The summed E-state index contributed by atoms with van der Waals surface area (Å²) in [6, 6.07) is 1.21. The topological polar surface area (TPSA) is 131 Å². The van der Waals surface area contributed by atoms with E-state index in [0.717, 1.165) is 4.57 Å². The molecule has 8 nitrogen and oxygen atoms in total. The van der Waals surface area contributed by atoms with Gasteiger partial charge in [-0.1, -0.05) is 5.92 Å². The van der Waals surface area contributed by atoms with Crippen LogP contribution in [0, 0.1) is 18.8 Å². The molecule has 0 amide bonds. The number of aryl methyl sites for hydroxylation is 1. The van der Waals surface area contributed by atoms with Crippen molar-refractivity contribution in [3.05, 3.63) is 32.6 Å². The summed E-state index contributed by atoms with van der Waals surface area (Å²) in [4.78, 5) is 25.6. The number of ether oxygens (including phenoxy) is 1. The van der Waals surface area contributed by atoms with E-state index in [1.165, 1.54) is 19.9 Å². The molecule has 5 N–H and O–H groups in total. The second-order valence-corrected chi connectivity index (χ2v) is 5.40. The van der Waals surface area contributed by atoms with Crippen LogP contribution < -0.4 is 17.0 Å². The Bertz CT molecular complexity index is 741. The average Bonchev–Trinajstić information content (AvgIpc) is 2.63. The van der Waals surface area contributed by atoms with Crippen LogP contribution in [-0.4, -0.2) is 43.6 Å². The molecule has 1 fully saturated rings. The van der Waals surface area contributed by atoms with E-state index in [9.17, 15) is 19.8 Å². The van der Waals surface area contributed by atoms with Crippen molar-refractivity contribution in [2.75, 3.05) is 0 Å². The van der Waals surface area contributed by atoms with E-state index in [1.807, 2.05) is 0 Å². The Morgan fingerprint density at radius 2 is 2.18 bits per heavy atom. The Kier molecular flexibility index (Phi) is 4.26. The van der Waals surface area contributed by atoms with Crippen molar-refractivity contribution in [3.8, 4) is 11.8 Å². The summed E-state index contributed by atoms with van der Waals surface area (Å²) in [6.07, 6.45) is -4.46. The molecular weight excluding hydrogens is 290 g/mol. The fourth-order valence-corrected chi connectivity index (χ4v) is 2.67. The zero-order chi connectivity index (χ0) is 16.7. The highest BCUT2D eigenvalue weighted by molar-refractivity contribution is 5.26. The van der Waals surface area contributed by atoms with Gasteiger partial charge in [-0.25, -0.2) is 4.79 Å². The van der Waals surface area contributed by atoms with Crippen LogP contribution in [-0.2, 0) is 4.74 Å². The van der Waals surface area contributed by atoms with E-state index in [0.29, 0.717) is 5.69 Å². The number of aromatic amines is 1. The second-order valence-electron chi connectivity index (χ2n) is 5.40. The number of aromatic nitrogens is 2. The van der Waals surface area contributed by atoms with Gasteiger partial charge in [0.25, 0.3) is 5.56 Å². The first-order valence-corrected chi connectivity index (χ1v) is 6.79. The minimum Gasteiger partial charge on any atom is -0.391 e. The Morgan fingerprint density at radius 3 is 2.68 bits per heavy atom. The maximum atomic E-state index is 12.1. The molecule has 0 saturated carbocycles. The summed E-state index contributed by atoms with van der Waals surface area (Å²) >= 11 is 0. The van der Waals surface area contributed by atoms with Crippen molar-refractivity contribution in [2.24, 2.45) is 5.73 Å². The highest BCUT2D eigenvalue weighted by Gasteiger charge is 2.56. The lowest BCUT2D eigenvalue weighted by Gasteiger charge is -2.29. The largest absolute Gasteiger partial charge is 0.391 e. The van der Waals surface area contributed by atoms with Gasteiger partial charge < -0.3 is 20.7 Å². The molecule has 1 unspecified atom stereocenters. The first-order valence-electron chi connectivity index (χ1n) is 6.79. The van der Waals surface area contributed by atoms with Gasteiger partial charge >= 0.3 is 5.69 Å². The molecule has 0 aliphatic carbocycles. The molecular formula is C14H19N3O5. The zero-order valence-electron chi connectivity index (χ0n) is 12.5. The molecule has 0 spiro atoms. The van der Waals surface area contributed by atoms with Crippen molar-refractivity contribution < 1.29 is 14.9 Å². The van der Waals surface area contributed by atoms with Gasteiger partial charge in [0.2, 0.25) is 0 Å². The number of H-pyrrole nitrogens is 1. The molecule has 2 rings (SSSR count). The maximum Gasteiger partial charge on any atom is 0.330 e. The third kappa shape index (κ3) is 2.48. The van der Waals surface area contributed by atoms with Crippen LogP contribution in [0.5, 0.6) is 0 Å². The third-order valence-electron chi connectivity index (χ3n) is 3.72. The van der Waals surface area contributed by atoms with Gasteiger partial charge in [-0.15, -0.1) is 5.92 Å². The predicted molar refractivity (Wildman–Crippen MR) is 78.0 cm³/mol. The molecule has 2 heterocycles. The average molecular weight is 309 g/mol. The number of hydrogen-bond acceptors (Lipinski definition) is 6. The quantitative estimate of drug-likeness (QED) is 0.477. The molecule has 0 radical (unpaired) electrons. The van der Waals surface area contributed by atoms with Crippen molar-refractivity contribution >= 4 is 0 Å². The van der Waals surface area contributed by atoms with Crippen LogP contribution in [0.1, 0.15) is 25.8 Å². The highest BCUT2D eigenvalue weighted by Crippen LogP contribution is 2.37. The summed E-state index contributed by atoms with van der Waals surface area (Å²) in [5.41, 5.74) is 3.63. The van der Waals surface area contributed by atoms with E-state index in [4.69, 9.17) is 10.5 Å². The number of aliphatic hydroxyl groups is 2. The van der Waals surface area contributed by atoms with Crippen LogP contribution in [0.15, 0.2) is 15.7 Å². The van der Waals surface area contributed by atoms with Gasteiger partial charge in [0, 0.05) is 11.8 Å². The molecule has 1 aliphatic heterocycles. The fourth-order valence-electron chi connectivity index (χ4n) is 2.67. The van der Waals surface area contributed by atoms with Crippen molar-refractivity contribution in [2.45, 2.75) is 50.8 Å². The lowest BCUT2D eigenvalue weighted by molar-refractivity contribution is -0.0784. The molecule has 1 saturated heterocycles. The van der Waals surface area contributed by atoms with Crippen LogP contribution in [0.25, 0.3) is 0 Å². The van der Waals surface area contributed by atoms with Crippen LogP contribution >= 0.6 is 0 Å². The monoisotopic (exact) mass is 309 g/mol. The molecule has 1 aromatic rings. The molecule has 1 aromatic heterocycles. The van der Waals surface area contributed by atoms with Crippen molar-refractivity contribution in [1.29, 1.82) is 0 Å². The molecule has 1 aliphatic rings. The normalized spacial score (nSPS) is 32.4. The summed E-state index contributed by atoms with van der Waals surface area (Å²) in [7, 11) is 0. The second kappa shape index (κ2) is 5.70. The van der Waals surface area contributed by atoms with E-state index in [-0.39, 0.29) is 0 Å². The highest BCUT2D eigenvalue weighted by atomic mass is 16.5. The third-order valence-corrected chi connectivity index (χ3v) is 3.72. The van der Waals surface area contributed by atoms with E-state index < -0.39 is 41.3 Å². The number of rotatable bonds is 2. The van der Waals surface area contributed by atoms with Crippen LogP contribution in [0.2, 0.25) is 0 Å². The fraction of sp³-hybridized carbons (Fsp3) is 0.571. The summed E-state index contributed by atoms with van der Waals surface area (Å²) in [5, 5.41) is 20.1. The van der Waals surface area contributed by atoms with Gasteiger partial charge in [-0.3, -0.25) is 14.3 Å². The number of nitrogens with two attached hydrogens (primary N) is 1. The summed E-state index contributed by atoms with van der Waals surface area (Å²) in [5.74, 6) is 5.27. The lowest BCUT2D eigenvalue weighted by atomic mass is 9.90. The molecule has 0 aromatic carbocycles. The minimum atomic E-state index is -1.59. The first kappa shape index (κ1) is 16.5. The number of nitrogens with zero attached hydrogens (tertiary/aromatic N) is 1. The number of nitrogens with one attached hydrogen (secondary N) is 1. The molecule has 5 atom stereocenters. The molecule has 120 valence electrons. The van der Waals surface area contributed by atoms with Crippen molar-refractivity contribution in [3.63, 3.8) is 0 Å².